The summed E-state index contributed by atoms with van der Waals surface area (Å²) < 4.78 is 46.3. The number of carbonyl (C=O) groups excluding carboxylic acids is 1. The fraction of sp³-hybridized carbons (Fsp3) is 0.312. The van der Waals surface area contributed by atoms with Crippen LogP contribution in [0.15, 0.2) is 47.1 Å². The van der Waals surface area contributed by atoms with E-state index in [-0.39, 0.29) is 31.3 Å². The number of amides is 1. The average Bonchev–Trinajstić information content (AvgIpc) is 2.99. The summed E-state index contributed by atoms with van der Waals surface area (Å²) in [6, 6.07) is 9.29. The molecule has 1 aromatic carbocycles. The van der Waals surface area contributed by atoms with E-state index < -0.39 is 6.36 Å². The maximum atomic E-state index is 12.4. The van der Waals surface area contributed by atoms with Crippen molar-refractivity contribution >= 4 is 5.91 Å². The summed E-state index contributed by atoms with van der Waals surface area (Å²) in [6.07, 6.45) is -3.25. The molecule has 0 aliphatic heterocycles. The number of carbonyl (C=O) groups is 1. The predicted octanol–water partition coefficient (Wildman–Crippen LogP) is 2.93. The highest BCUT2D eigenvalue weighted by molar-refractivity contribution is 5.77. The first-order valence-corrected chi connectivity index (χ1v) is 7.15. The Kier molecular flexibility index (Phi) is 5.86. The summed E-state index contributed by atoms with van der Waals surface area (Å²) in [6.45, 7) is 0.426. The maximum Gasteiger partial charge on any atom is 0.573 e. The fourth-order valence-electron chi connectivity index (χ4n) is 2.11. The first-order chi connectivity index (χ1) is 11.3. The van der Waals surface area contributed by atoms with Crippen LogP contribution in [0.4, 0.5) is 13.2 Å². The highest BCUT2D eigenvalue weighted by Crippen LogP contribution is 2.26. The second-order valence-corrected chi connectivity index (χ2v) is 5.18. The summed E-state index contributed by atoms with van der Waals surface area (Å²) >= 11 is 0. The van der Waals surface area contributed by atoms with Crippen LogP contribution in [0.2, 0.25) is 0 Å². The van der Waals surface area contributed by atoms with Gasteiger partial charge in [-0.15, -0.1) is 13.2 Å². The summed E-state index contributed by atoms with van der Waals surface area (Å²) in [5, 5.41) is 2.67. The average molecular weight is 342 g/mol. The summed E-state index contributed by atoms with van der Waals surface area (Å²) in [4.78, 5) is 13.4. The lowest BCUT2D eigenvalue weighted by Crippen LogP contribution is -2.34. The smallest absolute Gasteiger partial charge is 0.467 e. The van der Waals surface area contributed by atoms with Crippen LogP contribution in [-0.2, 0) is 17.9 Å². The number of likely N-dealkylation sites (N-methyl/N-ethyl adjacent to an activating group) is 1. The number of nitrogens with zero attached hydrogens (tertiary/aromatic N) is 1. The number of hydrogen-bond acceptors (Lipinski definition) is 4. The van der Waals surface area contributed by atoms with Gasteiger partial charge in [0.25, 0.3) is 0 Å². The molecular weight excluding hydrogens is 325 g/mol. The van der Waals surface area contributed by atoms with E-state index in [2.05, 4.69) is 10.1 Å². The molecule has 0 saturated heterocycles. The minimum atomic E-state index is -4.75. The van der Waals surface area contributed by atoms with Gasteiger partial charge in [0.1, 0.15) is 11.5 Å². The second-order valence-electron chi connectivity index (χ2n) is 5.18. The van der Waals surface area contributed by atoms with E-state index >= 15 is 0 Å². The van der Waals surface area contributed by atoms with Gasteiger partial charge in [-0.05, 0) is 25.2 Å². The molecule has 5 nitrogen and oxygen atoms in total. The first kappa shape index (κ1) is 17.9. The summed E-state index contributed by atoms with van der Waals surface area (Å²) in [7, 11) is 1.64. The minimum absolute atomic E-state index is 0.0288. The molecular formula is C16H17F3N2O3. The van der Waals surface area contributed by atoms with Crippen LogP contribution in [0.5, 0.6) is 5.75 Å². The van der Waals surface area contributed by atoms with Gasteiger partial charge < -0.3 is 14.5 Å². The van der Waals surface area contributed by atoms with E-state index in [0.29, 0.717) is 11.3 Å². The Morgan fingerprint density at radius 1 is 1.25 bits per heavy atom. The largest absolute Gasteiger partial charge is 0.573 e. The van der Waals surface area contributed by atoms with Gasteiger partial charge in [-0.25, -0.2) is 0 Å². The first-order valence-electron chi connectivity index (χ1n) is 7.15. The van der Waals surface area contributed by atoms with Gasteiger partial charge in [0, 0.05) is 12.1 Å². The van der Waals surface area contributed by atoms with E-state index in [4.69, 9.17) is 4.42 Å². The fourth-order valence-corrected chi connectivity index (χ4v) is 2.11. The van der Waals surface area contributed by atoms with Crippen LogP contribution in [0.3, 0.4) is 0 Å². The number of alkyl halides is 3. The molecule has 0 radical (unpaired) electrons. The van der Waals surface area contributed by atoms with Crippen LogP contribution >= 0.6 is 0 Å². The normalized spacial score (nSPS) is 11.5. The van der Waals surface area contributed by atoms with Gasteiger partial charge in [0.05, 0.1) is 19.4 Å². The van der Waals surface area contributed by atoms with Crippen molar-refractivity contribution in [3.05, 3.63) is 54.0 Å². The summed E-state index contributed by atoms with van der Waals surface area (Å²) in [5.74, 6) is 0.0888. The van der Waals surface area contributed by atoms with Crippen molar-refractivity contribution in [2.24, 2.45) is 0 Å². The number of nitrogens with one attached hydrogen (secondary N) is 1. The van der Waals surface area contributed by atoms with Crippen molar-refractivity contribution in [3.8, 4) is 5.75 Å². The number of rotatable bonds is 7. The topological polar surface area (TPSA) is 54.7 Å². The third-order valence-corrected chi connectivity index (χ3v) is 3.09. The Hall–Kier alpha value is -2.48. The number of halogens is 3. The van der Waals surface area contributed by atoms with E-state index in [1.165, 1.54) is 24.5 Å². The zero-order chi connectivity index (χ0) is 17.6. The van der Waals surface area contributed by atoms with Crippen molar-refractivity contribution in [1.82, 2.24) is 10.2 Å². The highest BCUT2D eigenvalue weighted by Gasteiger charge is 2.32. The molecule has 1 aromatic heterocycles. The maximum absolute atomic E-state index is 12.4. The van der Waals surface area contributed by atoms with Crippen molar-refractivity contribution < 1.29 is 27.1 Å². The molecule has 2 aromatic rings. The zero-order valence-electron chi connectivity index (χ0n) is 13.0. The molecule has 0 bridgehead atoms. The molecule has 0 saturated carbocycles. The lowest BCUT2D eigenvalue weighted by molar-refractivity contribution is -0.275. The van der Waals surface area contributed by atoms with Crippen LogP contribution < -0.4 is 10.1 Å². The highest BCUT2D eigenvalue weighted by atomic mass is 19.4. The molecule has 0 unspecified atom stereocenters. The molecule has 0 aliphatic rings. The van der Waals surface area contributed by atoms with Gasteiger partial charge in [-0.3, -0.25) is 9.69 Å². The molecule has 0 aliphatic carbocycles. The molecule has 1 heterocycles. The molecule has 1 N–H and O–H groups in total. The van der Waals surface area contributed by atoms with Crippen molar-refractivity contribution in [3.63, 3.8) is 0 Å². The van der Waals surface area contributed by atoms with Gasteiger partial charge in [-0.2, -0.15) is 0 Å². The summed E-state index contributed by atoms with van der Waals surface area (Å²) in [5.41, 5.74) is 0.344. The van der Waals surface area contributed by atoms with Gasteiger partial charge in [-0.1, -0.05) is 18.2 Å². The lowest BCUT2D eigenvalue weighted by Gasteiger charge is -2.19. The third kappa shape index (κ3) is 5.96. The lowest BCUT2D eigenvalue weighted by atomic mass is 10.2. The Labute approximate surface area is 137 Å². The SMILES string of the molecule is CN(CC(=O)NCc1ccco1)Cc1ccccc1OC(F)(F)F. The predicted molar refractivity (Wildman–Crippen MR) is 80.0 cm³/mol. The Morgan fingerprint density at radius 2 is 2.00 bits per heavy atom. The Morgan fingerprint density at radius 3 is 2.67 bits per heavy atom. The number of hydrogen-bond donors (Lipinski definition) is 1. The van der Waals surface area contributed by atoms with Crippen LogP contribution in [-0.4, -0.2) is 30.8 Å². The van der Waals surface area contributed by atoms with Crippen molar-refractivity contribution in [2.45, 2.75) is 19.5 Å². The molecule has 8 heteroatoms. The molecule has 0 atom stereocenters. The molecule has 1 amide bonds. The van der Waals surface area contributed by atoms with Crippen molar-refractivity contribution in [2.75, 3.05) is 13.6 Å². The quantitative estimate of drug-likeness (QED) is 0.841. The van der Waals surface area contributed by atoms with E-state index in [1.54, 1.807) is 30.1 Å². The van der Waals surface area contributed by atoms with E-state index in [0.717, 1.165) is 0 Å². The third-order valence-electron chi connectivity index (χ3n) is 3.09. The zero-order valence-corrected chi connectivity index (χ0v) is 13.0. The molecule has 2 rings (SSSR count). The standard InChI is InChI=1S/C16H17F3N2O3/c1-21(11-15(22)20-9-13-6-4-8-23-13)10-12-5-2-3-7-14(12)24-16(17,18)19/h2-8H,9-11H2,1H3,(H,20,22). The van der Waals surface area contributed by atoms with E-state index in [1.807, 2.05) is 0 Å². The van der Waals surface area contributed by atoms with Gasteiger partial charge >= 0.3 is 6.36 Å². The molecule has 130 valence electrons. The number of ether oxygens (including phenoxy) is 1. The minimum Gasteiger partial charge on any atom is -0.467 e. The molecule has 24 heavy (non-hydrogen) atoms. The van der Waals surface area contributed by atoms with Gasteiger partial charge in [0.2, 0.25) is 5.91 Å². The molecule has 0 fully saturated rings. The van der Waals surface area contributed by atoms with Crippen LogP contribution in [0.25, 0.3) is 0 Å². The van der Waals surface area contributed by atoms with E-state index in [9.17, 15) is 18.0 Å². The Balaban J connectivity index is 1.87. The van der Waals surface area contributed by atoms with Crippen LogP contribution in [0.1, 0.15) is 11.3 Å². The number of furan rings is 1. The van der Waals surface area contributed by atoms with Gasteiger partial charge in [0.15, 0.2) is 0 Å². The number of para-hydroxylation sites is 1. The van der Waals surface area contributed by atoms with Crippen LogP contribution in [0, 0.1) is 0 Å². The second kappa shape index (κ2) is 7.87. The Bertz CT molecular complexity index is 657. The molecule has 0 spiro atoms. The van der Waals surface area contributed by atoms with Crippen molar-refractivity contribution in [1.29, 1.82) is 0 Å². The monoisotopic (exact) mass is 342 g/mol. The number of benzene rings is 1.